The molecule has 0 aromatic carbocycles. The molecule has 0 unspecified atom stereocenters. The summed E-state index contributed by atoms with van der Waals surface area (Å²) in [7, 11) is 0. The highest BCUT2D eigenvalue weighted by Gasteiger charge is 2.23. The molecule has 0 fully saturated rings. The molecule has 2 aromatic heterocycles. The number of nitrogens with zero attached hydrogens (tertiary/aromatic N) is 2. The number of thiophene rings is 1. The zero-order valence-electron chi connectivity index (χ0n) is 9.89. The highest BCUT2D eigenvalue weighted by atomic mass is 32.2. The van der Waals surface area contributed by atoms with Crippen molar-refractivity contribution < 1.29 is 4.79 Å². The lowest BCUT2D eigenvalue weighted by atomic mass is 10.3. The SMILES string of the molecule is CC(C)n1cnc2c3c(sc2c1=O)SCC(=O)N3. The van der Waals surface area contributed by atoms with Crippen LogP contribution in [-0.4, -0.2) is 21.2 Å². The van der Waals surface area contributed by atoms with Crippen molar-refractivity contribution >= 4 is 44.9 Å². The Kier molecular flexibility index (Phi) is 2.67. The van der Waals surface area contributed by atoms with E-state index in [1.54, 1.807) is 10.9 Å². The molecular formula is C11H11N3O2S2. The fourth-order valence-corrected chi connectivity index (χ4v) is 4.01. The first-order valence-corrected chi connectivity index (χ1v) is 7.34. The van der Waals surface area contributed by atoms with Gasteiger partial charge in [-0.05, 0) is 13.8 Å². The summed E-state index contributed by atoms with van der Waals surface area (Å²) in [6, 6.07) is 0.0794. The Hall–Kier alpha value is -1.34. The third kappa shape index (κ3) is 1.65. The van der Waals surface area contributed by atoms with Crippen LogP contribution in [0.2, 0.25) is 0 Å². The van der Waals surface area contributed by atoms with Gasteiger partial charge < -0.3 is 5.32 Å². The van der Waals surface area contributed by atoms with Crippen molar-refractivity contribution in [1.82, 2.24) is 9.55 Å². The number of hydrogen-bond donors (Lipinski definition) is 1. The van der Waals surface area contributed by atoms with Gasteiger partial charge in [-0.2, -0.15) is 0 Å². The van der Waals surface area contributed by atoms with Gasteiger partial charge in [0.25, 0.3) is 5.56 Å². The summed E-state index contributed by atoms with van der Waals surface area (Å²) in [6.07, 6.45) is 1.55. The lowest BCUT2D eigenvalue weighted by Gasteiger charge is -2.11. The van der Waals surface area contributed by atoms with Crippen LogP contribution in [0.4, 0.5) is 5.69 Å². The molecule has 5 nitrogen and oxygen atoms in total. The summed E-state index contributed by atoms with van der Waals surface area (Å²) in [5, 5.41) is 2.80. The predicted molar refractivity (Wildman–Crippen MR) is 73.6 cm³/mol. The smallest absolute Gasteiger partial charge is 0.271 e. The average Bonchev–Trinajstić information content (AvgIpc) is 2.68. The molecule has 3 rings (SSSR count). The van der Waals surface area contributed by atoms with E-state index in [1.807, 2.05) is 13.8 Å². The topological polar surface area (TPSA) is 64.0 Å². The molecule has 0 bridgehead atoms. The lowest BCUT2D eigenvalue weighted by molar-refractivity contribution is -0.113. The first-order chi connectivity index (χ1) is 8.58. The van der Waals surface area contributed by atoms with Crippen molar-refractivity contribution in [2.45, 2.75) is 24.1 Å². The number of carbonyl (C=O) groups is 1. The Labute approximate surface area is 111 Å². The summed E-state index contributed by atoms with van der Waals surface area (Å²) >= 11 is 2.88. The van der Waals surface area contributed by atoms with Gasteiger partial charge >= 0.3 is 0 Å². The number of hydrogen-bond acceptors (Lipinski definition) is 5. The molecule has 1 aliphatic heterocycles. The van der Waals surface area contributed by atoms with Gasteiger partial charge in [-0.3, -0.25) is 14.2 Å². The number of carbonyl (C=O) groups excluding carboxylic acids is 1. The van der Waals surface area contributed by atoms with E-state index in [4.69, 9.17) is 0 Å². The second-order valence-electron chi connectivity index (χ2n) is 4.33. The number of anilines is 1. The van der Waals surface area contributed by atoms with E-state index in [0.29, 0.717) is 21.7 Å². The van der Waals surface area contributed by atoms with Gasteiger partial charge in [0.05, 0.1) is 22.0 Å². The molecule has 2 aromatic rings. The van der Waals surface area contributed by atoms with Crippen molar-refractivity contribution in [3.63, 3.8) is 0 Å². The van der Waals surface area contributed by atoms with E-state index in [9.17, 15) is 9.59 Å². The monoisotopic (exact) mass is 281 g/mol. The summed E-state index contributed by atoms with van der Waals surface area (Å²) < 4.78 is 3.19. The first kappa shape index (κ1) is 11.7. The van der Waals surface area contributed by atoms with Gasteiger partial charge in [0.1, 0.15) is 10.2 Å². The van der Waals surface area contributed by atoms with E-state index in [1.165, 1.54) is 23.1 Å². The number of fused-ring (bicyclic) bond motifs is 3. The van der Waals surface area contributed by atoms with Crippen molar-refractivity contribution in [2.75, 3.05) is 11.1 Å². The average molecular weight is 281 g/mol. The maximum atomic E-state index is 12.3. The number of amides is 1. The molecule has 1 aliphatic rings. The van der Waals surface area contributed by atoms with Crippen molar-refractivity contribution in [3.05, 3.63) is 16.7 Å². The fourth-order valence-electron chi connectivity index (χ4n) is 1.85. The number of rotatable bonds is 1. The largest absolute Gasteiger partial charge is 0.322 e. The van der Waals surface area contributed by atoms with E-state index >= 15 is 0 Å². The summed E-state index contributed by atoms with van der Waals surface area (Å²) in [4.78, 5) is 28.0. The molecular weight excluding hydrogens is 270 g/mol. The highest BCUT2D eigenvalue weighted by molar-refractivity contribution is 8.02. The third-order valence-corrected chi connectivity index (χ3v) is 5.18. The maximum Gasteiger partial charge on any atom is 0.271 e. The van der Waals surface area contributed by atoms with Crippen LogP contribution >= 0.6 is 23.1 Å². The predicted octanol–water partition coefficient (Wildman–Crippen LogP) is 2.08. The van der Waals surface area contributed by atoms with Crippen LogP contribution in [-0.2, 0) is 4.79 Å². The number of nitrogens with one attached hydrogen (secondary N) is 1. The minimum absolute atomic E-state index is 0.0377. The molecule has 94 valence electrons. The van der Waals surface area contributed by atoms with Crippen molar-refractivity contribution in [2.24, 2.45) is 0 Å². The van der Waals surface area contributed by atoms with Crippen molar-refractivity contribution in [3.8, 4) is 0 Å². The van der Waals surface area contributed by atoms with E-state index < -0.39 is 0 Å². The van der Waals surface area contributed by atoms with Gasteiger partial charge in [-0.25, -0.2) is 4.98 Å². The summed E-state index contributed by atoms with van der Waals surface area (Å²) in [5.41, 5.74) is 1.27. The molecule has 18 heavy (non-hydrogen) atoms. The van der Waals surface area contributed by atoms with Crippen LogP contribution in [0.5, 0.6) is 0 Å². The first-order valence-electron chi connectivity index (χ1n) is 5.54. The van der Waals surface area contributed by atoms with Crippen LogP contribution in [0, 0.1) is 0 Å². The minimum atomic E-state index is -0.0398. The summed E-state index contributed by atoms with van der Waals surface area (Å²) in [6.45, 7) is 3.89. The number of thioether (sulfide) groups is 1. The standard InChI is InChI=1S/C11H11N3O2S2/c1-5(2)14-4-12-7-8-11(17-3-6(15)13-8)18-9(7)10(14)16/h4-5H,3H2,1-2H3,(H,13,15). The van der Waals surface area contributed by atoms with Crippen LogP contribution < -0.4 is 10.9 Å². The lowest BCUT2D eigenvalue weighted by Crippen LogP contribution is -2.22. The van der Waals surface area contributed by atoms with Crippen LogP contribution in [0.25, 0.3) is 10.2 Å². The second-order valence-corrected chi connectivity index (χ2v) is 6.59. The highest BCUT2D eigenvalue weighted by Crippen LogP contribution is 2.42. The van der Waals surface area contributed by atoms with Crippen LogP contribution in [0.3, 0.4) is 0 Å². The van der Waals surface area contributed by atoms with Gasteiger partial charge in [0.15, 0.2) is 0 Å². The third-order valence-electron chi connectivity index (χ3n) is 2.75. The minimum Gasteiger partial charge on any atom is -0.322 e. The molecule has 7 heteroatoms. The normalized spacial score (nSPS) is 14.9. The molecule has 3 heterocycles. The van der Waals surface area contributed by atoms with Crippen molar-refractivity contribution in [1.29, 1.82) is 0 Å². The molecule has 0 spiro atoms. The van der Waals surface area contributed by atoms with Crippen LogP contribution in [0.15, 0.2) is 15.3 Å². The molecule has 0 saturated carbocycles. The molecule has 0 aliphatic carbocycles. The number of aromatic nitrogens is 2. The second kappa shape index (κ2) is 4.10. The fraction of sp³-hybridized carbons (Fsp3) is 0.364. The van der Waals surface area contributed by atoms with E-state index in [2.05, 4.69) is 10.3 Å². The van der Waals surface area contributed by atoms with E-state index in [0.717, 1.165) is 4.21 Å². The van der Waals surface area contributed by atoms with Gasteiger partial charge in [-0.15, -0.1) is 23.1 Å². The molecule has 1 amide bonds. The molecule has 0 atom stereocenters. The quantitative estimate of drug-likeness (QED) is 0.869. The Morgan fingerprint density at radius 1 is 1.44 bits per heavy atom. The Morgan fingerprint density at radius 3 is 2.94 bits per heavy atom. The maximum absolute atomic E-state index is 12.3. The zero-order chi connectivity index (χ0) is 12.9. The van der Waals surface area contributed by atoms with E-state index in [-0.39, 0.29) is 17.5 Å². The van der Waals surface area contributed by atoms with Gasteiger partial charge in [0.2, 0.25) is 5.91 Å². The molecule has 0 radical (unpaired) electrons. The van der Waals surface area contributed by atoms with Gasteiger partial charge in [-0.1, -0.05) is 0 Å². The Morgan fingerprint density at radius 2 is 2.22 bits per heavy atom. The summed E-state index contributed by atoms with van der Waals surface area (Å²) in [5.74, 6) is 0.361. The Bertz CT molecular complexity index is 702. The zero-order valence-corrected chi connectivity index (χ0v) is 11.5. The Balaban J connectivity index is 2.29. The van der Waals surface area contributed by atoms with Crippen LogP contribution in [0.1, 0.15) is 19.9 Å². The van der Waals surface area contributed by atoms with Gasteiger partial charge in [0, 0.05) is 6.04 Å². The molecule has 1 N–H and O–H groups in total. The molecule has 0 saturated heterocycles.